The zero-order chi connectivity index (χ0) is 10.5. The monoisotopic (exact) mass is 209 g/mol. The molecule has 0 fully saturated rings. The van der Waals surface area contributed by atoms with E-state index in [-0.39, 0.29) is 12.4 Å². The van der Waals surface area contributed by atoms with Crippen LogP contribution in [0.5, 0.6) is 0 Å². The molecule has 0 radical (unpaired) electrons. The van der Waals surface area contributed by atoms with Crippen LogP contribution in [0.15, 0.2) is 0 Å². The molecule has 0 aliphatic carbocycles. The van der Waals surface area contributed by atoms with Crippen LogP contribution in [0, 0.1) is 0 Å². The molecular formula is C8H19NO3S. The number of hydrogen-bond donors (Lipinski definition) is 2. The number of sulfonamides is 1. The van der Waals surface area contributed by atoms with Crippen molar-refractivity contribution in [1.82, 2.24) is 4.72 Å². The smallest absolute Gasteiger partial charge is 0.214 e. The SMILES string of the molecule is CCCC(C)(C)NS(=O)(=O)CCO. The Hall–Kier alpha value is -0.130. The second-order valence-corrected chi connectivity index (χ2v) is 5.62. The molecule has 0 aromatic rings. The molecule has 0 saturated heterocycles. The molecule has 5 heteroatoms. The molecule has 0 amide bonds. The number of hydrogen-bond acceptors (Lipinski definition) is 3. The maximum Gasteiger partial charge on any atom is 0.214 e. The molecule has 0 saturated carbocycles. The minimum atomic E-state index is -3.31. The van der Waals surface area contributed by atoms with Gasteiger partial charge in [-0.25, -0.2) is 13.1 Å². The molecule has 2 N–H and O–H groups in total. The van der Waals surface area contributed by atoms with Crippen LogP contribution in [0.4, 0.5) is 0 Å². The highest BCUT2D eigenvalue weighted by Crippen LogP contribution is 2.12. The number of nitrogens with one attached hydrogen (secondary N) is 1. The van der Waals surface area contributed by atoms with Gasteiger partial charge in [0.05, 0.1) is 12.4 Å². The lowest BCUT2D eigenvalue weighted by Crippen LogP contribution is -2.44. The third-order valence-electron chi connectivity index (χ3n) is 1.67. The van der Waals surface area contributed by atoms with E-state index in [0.717, 1.165) is 12.8 Å². The van der Waals surface area contributed by atoms with E-state index in [1.165, 1.54) is 0 Å². The Morgan fingerprint density at radius 2 is 1.92 bits per heavy atom. The Morgan fingerprint density at radius 3 is 2.31 bits per heavy atom. The summed E-state index contributed by atoms with van der Waals surface area (Å²) in [6.07, 6.45) is 1.71. The van der Waals surface area contributed by atoms with Gasteiger partial charge in [0.25, 0.3) is 0 Å². The minimum absolute atomic E-state index is 0.222. The average molecular weight is 209 g/mol. The topological polar surface area (TPSA) is 66.4 Å². The summed E-state index contributed by atoms with van der Waals surface area (Å²) in [6.45, 7) is 5.34. The van der Waals surface area contributed by atoms with E-state index in [1.807, 2.05) is 20.8 Å². The van der Waals surface area contributed by atoms with E-state index >= 15 is 0 Å². The van der Waals surface area contributed by atoms with Crippen LogP contribution in [0.1, 0.15) is 33.6 Å². The zero-order valence-corrected chi connectivity index (χ0v) is 9.32. The van der Waals surface area contributed by atoms with Crippen molar-refractivity contribution in [3.8, 4) is 0 Å². The normalized spacial score (nSPS) is 13.2. The van der Waals surface area contributed by atoms with Crippen molar-refractivity contribution < 1.29 is 13.5 Å². The summed E-state index contributed by atoms with van der Waals surface area (Å²) >= 11 is 0. The molecule has 4 nitrogen and oxygen atoms in total. The highest BCUT2D eigenvalue weighted by molar-refractivity contribution is 7.89. The molecular weight excluding hydrogens is 190 g/mol. The van der Waals surface area contributed by atoms with Crippen LogP contribution in [0.2, 0.25) is 0 Å². The lowest BCUT2D eigenvalue weighted by atomic mass is 10.0. The summed E-state index contributed by atoms with van der Waals surface area (Å²) in [4.78, 5) is 0. The second kappa shape index (κ2) is 4.93. The highest BCUT2D eigenvalue weighted by Gasteiger charge is 2.23. The summed E-state index contributed by atoms with van der Waals surface area (Å²) in [6, 6.07) is 0. The van der Waals surface area contributed by atoms with E-state index in [1.54, 1.807) is 0 Å². The summed E-state index contributed by atoms with van der Waals surface area (Å²) < 4.78 is 25.0. The van der Waals surface area contributed by atoms with E-state index in [2.05, 4.69) is 4.72 Å². The third kappa shape index (κ3) is 6.01. The van der Waals surface area contributed by atoms with Crippen molar-refractivity contribution in [1.29, 1.82) is 0 Å². The number of aliphatic hydroxyl groups excluding tert-OH is 1. The minimum Gasteiger partial charge on any atom is -0.395 e. The molecule has 0 atom stereocenters. The first kappa shape index (κ1) is 12.9. The van der Waals surface area contributed by atoms with Crippen LogP contribution in [0.25, 0.3) is 0 Å². The van der Waals surface area contributed by atoms with E-state index < -0.39 is 15.6 Å². The van der Waals surface area contributed by atoms with Gasteiger partial charge in [0.1, 0.15) is 0 Å². The molecule has 0 rings (SSSR count). The van der Waals surface area contributed by atoms with Crippen LogP contribution in [-0.4, -0.2) is 31.4 Å². The fraction of sp³-hybridized carbons (Fsp3) is 1.00. The Morgan fingerprint density at radius 1 is 1.38 bits per heavy atom. The van der Waals surface area contributed by atoms with Crippen LogP contribution >= 0.6 is 0 Å². The number of rotatable bonds is 6. The van der Waals surface area contributed by atoms with Gasteiger partial charge >= 0.3 is 0 Å². The lowest BCUT2D eigenvalue weighted by molar-refractivity contribution is 0.317. The van der Waals surface area contributed by atoms with Crippen molar-refractivity contribution in [2.24, 2.45) is 0 Å². The molecule has 13 heavy (non-hydrogen) atoms. The Bertz CT molecular complexity index is 234. The van der Waals surface area contributed by atoms with Gasteiger partial charge in [0.15, 0.2) is 0 Å². The fourth-order valence-corrected chi connectivity index (χ4v) is 2.55. The van der Waals surface area contributed by atoms with E-state index in [4.69, 9.17) is 5.11 Å². The number of aliphatic hydroxyl groups is 1. The predicted octanol–water partition coefficient (Wildman–Crippen LogP) is 0.477. The molecule has 0 spiro atoms. The van der Waals surface area contributed by atoms with Crippen molar-refractivity contribution in [2.75, 3.05) is 12.4 Å². The lowest BCUT2D eigenvalue weighted by Gasteiger charge is -2.25. The van der Waals surface area contributed by atoms with Gasteiger partial charge in [0.2, 0.25) is 10.0 Å². The first-order chi connectivity index (χ1) is 5.83. The molecule has 0 aromatic heterocycles. The zero-order valence-electron chi connectivity index (χ0n) is 8.50. The molecule has 0 aliphatic rings. The third-order valence-corrected chi connectivity index (χ3v) is 3.25. The van der Waals surface area contributed by atoms with Gasteiger partial charge in [-0.15, -0.1) is 0 Å². The van der Waals surface area contributed by atoms with Gasteiger partial charge in [-0.2, -0.15) is 0 Å². The largest absolute Gasteiger partial charge is 0.395 e. The molecule has 0 bridgehead atoms. The van der Waals surface area contributed by atoms with Gasteiger partial charge in [-0.3, -0.25) is 0 Å². The Balaban J connectivity index is 4.25. The van der Waals surface area contributed by atoms with Crippen molar-refractivity contribution in [2.45, 2.75) is 39.2 Å². The Labute approximate surface area is 80.4 Å². The summed E-state index contributed by atoms with van der Waals surface area (Å²) in [5, 5.41) is 8.51. The van der Waals surface area contributed by atoms with Gasteiger partial charge in [-0.05, 0) is 20.3 Å². The first-order valence-corrected chi connectivity index (χ1v) is 6.11. The van der Waals surface area contributed by atoms with E-state index in [9.17, 15) is 8.42 Å². The second-order valence-electron chi connectivity index (χ2n) is 3.78. The van der Waals surface area contributed by atoms with Gasteiger partial charge in [0, 0.05) is 5.54 Å². The molecule has 0 aliphatic heterocycles. The summed E-state index contributed by atoms with van der Waals surface area (Å²) in [5.74, 6) is -0.222. The fourth-order valence-electron chi connectivity index (χ4n) is 1.27. The molecule has 0 unspecified atom stereocenters. The van der Waals surface area contributed by atoms with Crippen LogP contribution in [-0.2, 0) is 10.0 Å². The van der Waals surface area contributed by atoms with Crippen molar-refractivity contribution in [3.63, 3.8) is 0 Å². The molecule has 0 aromatic carbocycles. The van der Waals surface area contributed by atoms with Crippen LogP contribution < -0.4 is 4.72 Å². The van der Waals surface area contributed by atoms with Crippen molar-refractivity contribution >= 4 is 10.0 Å². The quantitative estimate of drug-likeness (QED) is 0.668. The first-order valence-electron chi connectivity index (χ1n) is 4.45. The van der Waals surface area contributed by atoms with Gasteiger partial charge < -0.3 is 5.11 Å². The van der Waals surface area contributed by atoms with Gasteiger partial charge in [-0.1, -0.05) is 13.3 Å². The molecule has 0 heterocycles. The van der Waals surface area contributed by atoms with E-state index in [0.29, 0.717) is 0 Å². The maximum atomic E-state index is 11.2. The summed E-state index contributed by atoms with van der Waals surface area (Å²) in [5.41, 5.74) is -0.414. The Kier molecular flexibility index (Phi) is 4.88. The van der Waals surface area contributed by atoms with Crippen LogP contribution in [0.3, 0.4) is 0 Å². The molecule has 80 valence electrons. The average Bonchev–Trinajstić information content (AvgIpc) is 1.82. The predicted molar refractivity (Wildman–Crippen MR) is 53.0 cm³/mol. The van der Waals surface area contributed by atoms with Crippen molar-refractivity contribution in [3.05, 3.63) is 0 Å². The standard InChI is InChI=1S/C8H19NO3S/c1-4-5-8(2,3)9-13(11,12)7-6-10/h9-10H,4-7H2,1-3H3. The summed E-state index contributed by atoms with van der Waals surface area (Å²) in [7, 11) is -3.31. The highest BCUT2D eigenvalue weighted by atomic mass is 32.2. The maximum absolute atomic E-state index is 11.2.